The Bertz CT molecular complexity index is 666. The number of halogens is 3. The molecule has 0 aliphatic heterocycles. The molecule has 3 nitrogen and oxygen atoms in total. The molecule has 0 aliphatic rings. The van der Waals surface area contributed by atoms with E-state index in [1.807, 2.05) is 0 Å². The van der Waals surface area contributed by atoms with Gasteiger partial charge in [0, 0.05) is 23.5 Å². The van der Waals surface area contributed by atoms with Crippen LogP contribution < -0.4 is 0 Å². The summed E-state index contributed by atoms with van der Waals surface area (Å²) in [6.45, 7) is 0. The number of hydrogen-bond acceptors (Lipinski definition) is 3. The van der Waals surface area contributed by atoms with Crippen LogP contribution >= 0.6 is 0 Å². The van der Waals surface area contributed by atoms with E-state index in [0.29, 0.717) is 0 Å². The van der Waals surface area contributed by atoms with Crippen LogP contribution in [0.1, 0.15) is 32.7 Å². The van der Waals surface area contributed by atoms with E-state index in [4.69, 9.17) is 0 Å². The molecule has 6 heteroatoms. The van der Waals surface area contributed by atoms with Crippen LogP contribution in [0.25, 0.3) is 0 Å². The normalized spacial score (nSPS) is 11.2. The molecule has 0 amide bonds. The van der Waals surface area contributed by atoms with Gasteiger partial charge in [-0.1, -0.05) is 18.2 Å². The summed E-state index contributed by atoms with van der Waals surface area (Å²) in [5.41, 5.74) is -1.34. The third-order valence-electron chi connectivity index (χ3n) is 2.84. The molecule has 0 N–H and O–H groups in total. The molecule has 1 aromatic heterocycles. The van der Waals surface area contributed by atoms with Gasteiger partial charge in [0.2, 0.25) is 0 Å². The Morgan fingerprint density at radius 3 is 2.33 bits per heavy atom. The number of carbonyl (C=O) groups is 2. The van der Waals surface area contributed by atoms with E-state index in [9.17, 15) is 22.8 Å². The van der Waals surface area contributed by atoms with Crippen molar-refractivity contribution in [3.63, 3.8) is 0 Å². The number of alkyl halides is 3. The lowest BCUT2D eigenvalue weighted by Crippen LogP contribution is -2.15. The fourth-order valence-corrected chi connectivity index (χ4v) is 1.84. The molecular weight excluding hydrogens is 283 g/mol. The second kappa shape index (κ2) is 5.87. The number of rotatable bonds is 4. The fraction of sp³-hybridized carbons (Fsp3) is 0.133. The molecule has 0 bridgehead atoms. The molecular formula is C15H10F3NO2. The lowest BCUT2D eigenvalue weighted by Gasteiger charge is -2.11. The van der Waals surface area contributed by atoms with Crippen LogP contribution in [0.3, 0.4) is 0 Å². The molecule has 108 valence electrons. The van der Waals surface area contributed by atoms with E-state index in [1.54, 1.807) is 0 Å². The van der Waals surface area contributed by atoms with Crippen molar-refractivity contribution in [2.45, 2.75) is 12.6 Å². The molecule has 0 aliphatic carbocycles. The molecule has 0 atom stereocenters. The van der Waals surface area contributed by atoms with Crippen molar-refractivity contribution in [1.29, 1.82) is 0 Å². The highest BCUT2D eigenvalue weighted by molar-refractivity contribution is 6.13. The first kappa shape index (κ1) is 14.9. The predicted molar refractivity (Wildman–Crippen MR) is 69.0 cm³/mol. The zero-order valence-electron chi connectivity index (χ0n) is 10.7. The predicted octanol–water partition coefficient (Wildman–Crippen LogP) is 3.56. The Balaban J connectivity index is 2.24. The SMILES string of the molecule is O=C(CC(=O)c1ccccc1C(F)(F)F)c1cccnc1. The van der Waals surface area contributed by atoms with Crippen molar-refractivity contribution in [1.82, 2.24) is 4.98 Å². The third-order valence-corrected chi connectivity index (χ3v) is 2.84. The van der Waals surface area contributed by atoms with Crippen LogP contribution in [0, 0.1) is 0 Å². The second-order valence-corrected chi connectivity index (χ2v) is 4.31. The van der Waals surface area contributed by atoms with Crippen LogP contribution in [-0.2, 0) is 6.18 Å². The molecule has 2 rings (SSSR count). The van der Waals surface area contributed by atoms with Crippen molar-refractivity contribution < 1.29 is 22.8 Å². The van der Waals surface area contributed by atoms with Crippen molar-refractivity contribution in [3.8, 4) is 0 Å². The Labute approximate surface area is 118 Å². The quantitative estimate of drug-likeness (QED) is 0.639. The maximum Gasteiger partial charge on any atom is 0.417 e. The zero-order chi connectivity index (χ0) is 15.5. The van der Waals surface area contributed by atoms with E-state index in [-0.39, 0.29) is 5.56 Å². The third kappa shape index (κ3) is 3.53. The highest BCUT2D eigenvalue weighted by Gasteiger charge is 2.35. The summed E-state index contributed by atoms with van der Waals surface area (Å²) in [5.74, 6) is -1.43. The highest BCUT2D eigenvalue weighted by atomic mass is 19.4. The van der Waals surface area contributed by atoms with Crippen LogP contribution in [0.5, 0.6) is 0 Å². The maximum absolute atomic E-state index is 12.8. The Kier molecular flexibility index (Phi) is 4.16. The average Bonchev–Trinajstić information content (AvgIpc) is 2.47. The Morgan fingerprint density at radius 2 is 1.71 bits per heavy atom. The maximum atomic E-state index is 12.8. The van der Waals surface area contributed by atoms with Gasteiger partial charge in [0.05, 0.1) is 12.0 Å². The minimum absolute atomic E-state index is 0.190. The van der Waals surface area contributed by atoms with Crippen LogP contribution in [0.15, 0.2) is 48.8 Å². The van der Waals surface area contributed by atoms with E-state index in [1.165, 1.54) is 36.7 Å². The van der Waals surface area contributed by atoms with E-state index < -0.39 is 35.3 Å². The molecule has 0 radical (unpaired) electrons. The van der Waals surface area contributed by atoms with Crippen LogP contribution in [0.2, 0.25) is 0 Å². The number of benzene rings is 1. The van der Waals surface area contributed by atoms with Gasteiger partial charge in [-0.25, -0.2) is 0 Å². The number of ketones is 2. The Hall–Kier alpha value is -2.50. The lowest BCUT2D eigenvalue weighted by atomic mass is 9.98. The van der Waals surface area contributed by atoms with Gasteiger partial charge in [-0.15, -0.1) is 0 Å². The molecule has 0 fully saturated rings. The molecule has 2 aromatic rings. The van der Waals surface area contributed by atoms with Crippen molar-refractivity contribution in [3.05, 3.63) is 65.5 Å². The number of hydrogen-bond donors (Lipinski definition) is 0. The van der Waals surface area contributed by atoms with Gasteiger partial charge in [-0.05, 0) is 18.2 Å². The number of carbonyl (C=O) groups excluding carboxylic acids is 2. The molecule has 0 saturated carbocycles. The molecule has 1 heterocycles. The van der Waals surface area contributed by atoms with Gasteiger partial charge in [-0.2, -0.15) is 13.2 Å². The summed E-state index contributed by atoms with van der Waals surface area (Å²) in [7, 11) is 0. The van der Waals surface area contributed by atoms with Gasteiger partial charge in [0.1, 0.15) is 0 Å². The largest absolute Gasteiger partial charge is 0.417 e. The van der Waals surface area contributed by atoms with Gasteiger partial charge in [0.15, 0.2) is 11.6 Å². The summed E-state index contributed by atoms with van der Waals surface area (Å²) in [6, 6.07) is 7.39. The number of Topliss-reactive ketones (excluding diaryl/α,β-unsaturated/α-hetero) is 2. The van der Waals surface area contributed by atoms with Crippen LogP contribution in [0.4, 0.5) is 13.2 Å². The number of pyridine rings is 1. The fourth-order valence-electron chi connectivity index (χ4n) is 1.84. The average molecular weight is 293 g/mol. The summed E-state index contributed by atoms with van der Waals surface area (Å²) in [6.07, 6.45) is -2.54. The van der Waals surface area contributed by atoms with Crippen LogP contribution in [-0.4, -0.2) is 16.6 Å². The van der Waals surface area contributed by atoms with Crippen molar-refractivity contribution >= 4 is 11.6 Å². The van der Waals surface area contributed by atoms with Crippen molar-refractivity contribution in [2.75, 3.05) is 0 Å². The minimum atomic E-state index is -4.64. The van der Waals surface area contributed by atoms with Gasteiger partial charge >= 0.3 is 6.18 Å². The van der Waals surface area contributed by atoms with Crippen molar-refractivity contribution in [2.24, 2.45) is 0 Å². The summed E-state index contributed by atoms with van der Waals surface area (Å²) in [4.78, 5) is 27.5. The minimum Gasteiger partial charge on any atom is -0.294 e. The van der Waals surface area contributed by atoms with E-state index in [0.717, 1.165) is 12.1 Å². The molecule has 0 spiro atoms. The zero-order valence-corrected chi connectivity index (χ0v) is 10.7. The second-order valence-electron chi connectivity index (χ2n) is 4.31. The lowest BCUT2D eigenvalue weighted by molar-refractivity contribution is -0.137. The molecule has 0 saturated heterocycles. The topological polar surface area (TPSA) is 47.0 Å². The summed E-state index contributed by atoms with van der Waals surface area (Å²) in [5, 5.41) is 0. The molecule has 0 unspecified atom stereocenters. The smallest absolute Gasteiger partial charge is 0.294 e. The Morgan fingerprint density at radius 1 is 1.00 bits per heavy atom. The summed E-state index contributed by atoms with van der Waals surface area (Å²) < 4.78 is 38.5. The highest BCUT2D eigenvalue weighted by Crippen LogP contribution is 2.32. The van der Waals surface area contributed by atoms with Gasteiger partial charge in [-0.3, -0.25) is 14.6 Å². The first-order valence-electron chi connectivity index (χ1n) is 6.02. The van der Waals surface area contributed by atoms with E-state index >= 15 is 0 Å². The number of aromatic nitrogens is 1. The van der Waals surface area contributed by atoms with E-state index in [2.05, 4.69) is 4.98 Å². The monoisotopic (exact) mass is 293 g/mol. The van der Waals surface area contributed by atoms with Gasteiger partial charge < -0.3 is 0 Å². The summed E-state index contributed by atoms with van der Waals surface area (Å²) >= 11 is 0. The first-order valence-corrected chi connectivity index (χ1v) is 6.02. The first-order chi connectivity index (χ1) is 9.89. The standard InChI is InChI=1S/C15H10F3NO2/c16-15(17,18)12-6-2-1-5-11(12)14(21)8-13(20)10-4-3-7-19-9-10/h1-7,9H,8H2. The molecule has 1 aromatic carbocycles. The van der Waals surface area contributed by atoms with Gasteiger partial charge in [0.25, 0.3) is 0 Å². The molecule has 21 heavy (non-hydrogen) atoms. The number of nitrogens with zero attached hydrogens (tertiary/aromatic N) is 1.